The molecule has 0 amide bonds. The van der Waals surface area contributed by atoms with E-state index in [1.807, 2.05) is 6.92 Å². The Kier molecular flexibility index (Phi) is 8.38. The van der Waals surface area contributed by atoms with E-state index < -0.39 is 24.4 Å². The zero-order chi connectivity index (χ0) is 27.4. The number of hydrogen-bond donors (Lipinski definition) is 0. The first-order valence-electron chi connectivity index (χ1n) is 11.3. The number of carbonyl (C=O) groups is 1. The molecule has 0 fully saturated rings. The molecule has 0 aliphatic heterocycles. The van der Waals surface area contributed by atoms with Crippen LogP contribution in [-0.2, 0) is 26.5 Å². The second kappa shape index (κ2) is 11.1. The number of benzene rings is 3. The fourth-order valence-corrected chi connectivity index (χ4v) is 4.34. The van der Waals surface area contributed by atoms with E-state index in [1.54, 1.807) is 37.3 Å². The lowest BCUT2D eigenvalue weighted by atomic mass is 9.91. The number of rotatable bonds is 9. The van der Waals surface area contributed by atoms with E-state index in [9.17, 15) is 18.0 Å². The molecule has 3 aromatic rings. The lowest BCUT2D eigenvalue weighted by Crippen LogP contribution is -2.51. The van der Waals surface area contributed by atoms with Crippen LogP contribution < -0.4 is 14.2 Å². The zero-order valence-corrected chi connectivity index (χ0v) is 21.5. The monoisotopic (exact) mass is 518 g/mol. The van der Waals surface area contributed by atoms with Gasteiger partial charge in [-0.15, -0.1) is 0 Å². The molecule has 3 rings (SSSR count). The smallest absolute Gasteiger partial charge is 0.432 e. The molecule has 0 aromatic heterocycles. The molecule has 3 aromatic carbocycles. The Bertz CT molecular complexity index is 1260. The molecule has 9 heteroatoms. The highest BCUT2D eigenvalue weighted by Gasteiger charge is 2.64. The summed E-state index contributed by atoms with van der Waals surface area (Å²) in [7, 11) is 5.33. The van der Waals surface area contributed by atoms with Gasteiger partial charge in [-0.1, -0.05) is 36.4 Å². The summed E-state index contributed by atoms with van der Waals surface area (Å²) in [6, 6.07) is 13.7. The molecule has 0 N–H and O–H groups in total. The molecule has 0 bridgehead atoms. The van der Waals surface area contributed by atoms with E-state index in [2.05, 4.69) is 0 Å². The Morgan fingerprint density at radius 1 is 0.811 bits per heavy atom. The Hall–Kier alpha value is -3.72. The minimum atomic E-state index is -5.08. The van der Waals surface area contributed by atoms with Gasteiger partial charge in [0.05, 0.1) is 21.3 Å². The maximum absolute atomic E-state index is 14.3. The summed E-state index contributed by atoms with van der Waals surface area (Å²) in [4.78, 5) is 13.1. The third kappa shape index (κ3) is 5.22. The molecular formula is C28H29F3O6. The number of methoxy groups -OCH3 is 4. The van der Waals surface area contributed by atoms with Gasteiger partial charge < -0.3 is 23.7 Å². The van der Waals surface area contributed by atoms with Crippen molar-refractivity contribution in [2.45, 2.75) is 32.2 Å². The predicted molar refractivity (Wildman–Crippen MR) is 132 cm³/mol. The molecule has 0 unspecified atom stereocenters. The number of aryl methyl sites for hydroxylation is 2. The number of ether oxygens (including phenoxy) is 5. The van der Waals surface area contributed by atoms with Crippen molar-refractivity contribution >= 4 is 5.97 Å². The van der Waals surface area contributed by atoms with E-state index in [1.165, 1.54) is 45.6 Å². The Balaban J connectivity index is 2.13. The van der Waals surface area contributed by atoms with Gasteiger partial charge in [0.15, 0.2) is 0 Å². The highest BCUT2D eigenvalue weighted by molar-refractivity contribution is 5.84. The Labute approximate surface area is 213 Å². The van der Waals surface area contributed by atoms with E-state index in [0.717, 1.165) is 18.2 Å². The van der Waals surface area contributed by atoms with Crippen LogP contribution in [0, 0.1) is 13.8 Å². The van der Waals surface area contributed by atoms with E-state index >= 15 is 0 Å². The molecule has 0 saturated heterocycles. The largest absolute Gasteiger partial charge is 0.497 e. The molecule has 0 saturated carbocycles. The minimum Gasteiger partial charge on any atom is -0.497 e. The Morgan fingerprint density at radius 3 is 1.97 bits per heavy atom. The van der Waals surface area contributed by atoms with Crippen molar-refractivity contribution in [1.29, 1.82) is 0 Å². The molecule has 0 aliphatic carbocycles. The van der Waals surface area contributed by atoms with E-state index in [4.69, 9.17) is 23.7 Å². The van der Waals surface area contributed by atoms with Crippen LogP contribution in [0.15, 0.2) is 54.6 Å². The second-order valence-corrected chi connectivity index (χ2v) is 8.35. The SMILES string of the molecule is COc1cc(C)c(-c2c(COC(=O)[C@@](OC)(c3ccccc3)C(F)(F)F)cc(C)cc2OC)c(OC)c1. The normalized spacial score (nSPS) is 13.0. The van der Waals surface area contributed by atoms with Crippen LogP contribution in [0.5, 0.6) is 17.2 Å². The summed E-state index contributed by atoms with van der Waals surface area (Å²) < 4.78 is 69.7. The van der Waals surface area contributed by atoms with Crippen molar-refractivity contribution in [3.05, 3.63) is 76.9 Å². The van der Waals surface area contributed by atoms with Crippen LogP contribution in [0.2, 0.25) is 0 Å². The molecule has 0 aliphatic rings. The summed E-state index contributed by atoms with van der Waals surface area (Å²) in [6.07, 6.45) is -5.08. The molecule has 0 spiro atoms. The topological polar surface area (TPSA) is 63.2 Å². The van der Waals surface area contributed by atoms with Gasteiger partial charge in [-0.2, -0.15) is 13.2 Å². The van der Waals surface area contributed by atoms with Crippen molar-refractivity contribution < 1.29 is 41.7 Å². The van der Waals surface area contributed by atoms with Crippen molar-refractivity contribution in [2.24, 2.45) is 0 Å². The standard InChI is InChI=1S/C28H29F3O6/c1-17-12-19(16-37-26(32)27(36-6,28(29,30)31)20-10-8-7-9-11-20)25(22(13-17)34-4)24-18(2)14-21(33-3)15-23(24)35-5/h7-15H,16H2,1-6H3/t27-/m0/s1. The zero-order valence-electron chi connectivity index (χ0n) is 21.5. The molecule has 37 heavy (non-hydrogen) atoms. The quantitative estimate of drug-likeness (QED) is 0.317. The maximum Gasteiger partial charge on any atom is 0.432 e. The number of hydrogen-bond acceptors (Lipinski definition) is 6. The van der Waals surface area contributed by atoms with Crippen molar-refractivity contribution in [2.75, 3.05) is 28.4 Å². The lowest BCUT2D eigenvalue weighted by Gasteiger charge is -2.32. The number of esters is 1. The molecule has 6 nitrogen and oxygen atoms in total. The van der Waals surface area contributed by atoms with Gasteiger partial charge in [0, 0.05) is 35.4 Å². The summed E-state index contributed by atoms with van der Waals surface area (Å²) in [6.45, 7) is 3.16. The van der Waals surface area contributed by atoms with Gasteiger partial charge in [0.1, 0.15) is 23.9 Å². The first kappa shape index (κ1) is 27.9. The fourth-order valence-electron chi connectivity index (χ4n) is 4.34. The Morgan fingerprint density at radius 2 is 1.43 bits per heavy atom. The van der Waals surface area contributed by atoms with Gasteiger partial charge in [0.2, 0.25) is 0 Å². The molecule has 0 heterocycles. The summed E-state index contributed by atoms with van der Waals surface area (Å²) in [5.41, 5.74) is -0.585. The van der Waals surface area contributed by atoms with Crippen molar-refractivity contribution in [1.82, 2.24) is 0 Å². The minimum absolute atomic E-state index is 0.385. The van der Waals surface area contributed by atoms with Gasteiger partial charge in [-0.05, 0) is 37.1 Å². The van der Waals surface area contributed by atoms with Crippen molar-refractivity contribution in [3.8, 4) is 28.4 Å². The molecular weight excluding hydrogens is 489 g/mol. The summed E-state index contributed by atoms with van der Waals surface area (Å²) >= 11 is 0. The second-order valence-electron chi connectivity index (χ2n) is 8.35. The highest BCUT2D eigenvalue weighted by atomic mass is 19.4. The molecule has 1 atom stereocenters. The summed E-state index contributed by atoms with van der Waals surface area (Å²) in [5, 5.41) is 0. The van der Waals surface area contributed by atoms with Gasteiger partial charge >= 0.3 is 12.1 Å². The molecule has 198 valence electrons. The van der Waals surface area contributed by atoms with Crippen LogP contribution in [0.1, 0.15) is 22.3 Å². The van der Waals surface area contributed by atoms with E-state index in [-0.39, 0.29) is 5.56 Å². The van der Waals surface area contributed by atoms with Crippen LogP contribution in [0.4, 0.5) is 13.2 Å². The third-order valence-electron chi connectivity index (χ3n) is 6.06. The lowest BCUT2D eigenvalue weighted by molar-refractivity contribution is -0.276. The van der Waals surface area contributed by atoms with Gasteiger partial charge in [-0.3, -0.25) is 0 Å². The van der Waals surface area contributed by atoms with Crippen LogP contribution in [0.3, 0.4) is 0 Å². The van der Waals surface area contributed by atoms with Gasteiger partial charge in [0.25, 0.3) is 5.60 Å². The highest BCUT2D eigenvalue weighted by Crippen LogP contribution is 2.45. The first-order chi connectivity index (χ1) is 17.5. The number of alkyl halides is 3. The fraction of sp³-hybridized carbons (Fsp3) is 0.321. The number of halogens is 3. The summed E-state index contributed by atoms with van der Waals surface area (Å²) in [5.74, 6) is -0.125. The van der Waals surface area contributed by atoms with Crippen molar-refractivity contribution in [3.63, 3.8) is 0 Å². The first-order valence-corrected chi connectivity index (χ1v) is 11.3. The van der Waals surface area contributed by atoms with Crippen LogP contribution in [-0.4, -0.2) is 40.6 Å². The molecule has 0 radical (unpaired) electrons. The van der Waals surface area contributed by atoms with Crippen LogP contribution in [0.25, 0.3) is 11.1 Å². The predicted octanol–water partition coefficient (Wildman–Crippen LogP) is 6.14. The average Bonchev–Trinajstić information content (AvgIpc) is 2.87. The van der Waals surface area contributed by atoms with E-state index in [0.29, 0.717) is 33.9 Å². The van der Waals surface area contributed by atoms with Gasteiger partial charge in [-0.25, -0.2) is 4.79 Å². The van der Waals surface area contributed by atoms with Crippen LogP contribution >= 0.6 is 0 Å². The third-order valence-corrected chi connectivity index (χ3v) is 6.06. The maximum atomic E-state index is 14.3. The number of carbonyl (C=O) groups excluding carboxylic acids is 1. The average molecular weight is 519 g/mol.